The molecule has 1 atom stereocenters. The van der Waals surface area contributed by atoms with E-state index in [1.165, 1.54) is 0 Å². The number of aliphatic hydroxyl groups is 1. The van der Waals surface area contributed by atoms with Gasteiger partial charge in [-0.25, -0.2) is 0 Å². The fourth-order valence-electron chi connectivity index (χ4n) is 2.21. The van der Waals surface area contributed by atoms with Gasteiger partial charge in [-0.3, -0.25) is 4.90 Å². The van der Waals surface area contributed by atoms with E-state index in [-0.39, 0.29) is 6.10 Å². The van der Waals surface area contributed by atoms with E-state index in [0.717, 1.165) is 13.1 Å². The quantitative estimate of drug-likeness (QED) is 0.505. The molecule has 0 bridgehead atoms. The van der Waals surface area contributed by atoms with E-state index in [9.17, 15) is 5.11 Å². The van der Waals surface area contributed by atoms with Gasteiger partial charge >= 0.3 is 0 Å². The molecule has 0 spiro atoms. The molecule has 2 N–H and O–H groups in total. The number of hydrogen-bond acceptors (Lipinski definition) is 5. The van der Waals surface area contributed by atoms with Crippen LogP contribution in [0.25, 0.3) is 0 Å². The summed E-state index contributed by atoms with van der Waals surface area (Å²) < 4.78 is 10.7. The second-order valence-corrected chi connectivity index (χ2v) is 6.28. The largest absolute Gasteiger partial charge is 0.389 e. The van der Waals surface area contributed by atoms with Crippen molar-refractivity contribution in [2.45, 2.75) is 65.8 Å². The Bertz CT molecular complexity index is 228. The van der Waals surface area contributed by atoms with Crippen LogP contribution in [-0.2, 0) is 9.47 Å². The SMILES string of the molecule is CC(C)OCCOCC(O)CNCCN(C(C)C)C(C)C. The molecular formula is C16H36N2O3. The summed E-state index contributed by atoms with van der Waals surface area (Å²) in [4.78, 5) is 2.43. The lowest BCUT2D eigenvalue weighted by atomic mass is 10.2. The minimum absolute atomic E-state index is 0.227. The predicted octanol–water partition coefficient (Wildman–Crippen LogP) is 1.50. The van der Waals surface area contributed by atoms with E-state index in [2.05, 4.69) is 37.9 Å². The van der Waals surface area contributed by atoms with E-state index < -0.39 is 6.10 Å². The normalized spacial score (nSPS) is 13.9. The summed E-state index contributed by atoms with van der Waals surface area (Å²) in [5.74, 6) is 0. The molecule has 5 heteroatoms. The number of aliphatic hydroxyl groups excluding tert-OH is 1. The molecule has 0 aromatic heterocycles. The van der Waals surface area contributed by atoms with Crippen LogP contribution < -0.4 is 5.32 Å². The lowest BCUT2D eigenvalue weighted by Gasteiger charge is -2.30. The molecular weight excluding hydrogens is 268 g/mol. The first kappa shape index (κ1) is 20.8. The van der Waals surface area contributed by atoms with E-state index in [4.69, 9.17) is 9.47 Å². The molecule has 0 fully saturated rings. The summed E-state index contributed by atoms with van der Waals surface area (Å²) in [5, 5.41) is 13.1. The first-order valence-corrected chi connectivity index (χ1v) is 8.18. The highest BCUT2D eigenvalue weighted by atomic mass is 16.5. The number of hydrogen-bond donors (Lipinski definition) is 2. The average molecular weight is 304 g/mol. The van der Waals surface area contributed by atoms with Crippen LogP contribution in [0, 0.1) is 0 Å². The van der Waals surface area contributed by atoms with Crippen LogP contribution in [0.15, 0.2) is 0 Å². The van der Waals surface area contributed by atoms with E-state index in [1.807, 2.05) is 13.8 Å². The standard InChI is InChI=1S/C16H36N2O3/c1-13(2)18(14(3)4)8-7-17-11-16(19)12-20-9-10-21-15(5)6/h13-17,19H,7-12H2,1-6H3. The molecule has 128 valence electrons. The topological polar surface area (TPSA) is 54.0 Å². The first-order chi connectivity index (χ1) is 9.84. The molecule has 5 nitrogen and oxygen atoms in total. The van der Waals surface area contributed by atoms with Gasteiger partial charge in [0.25, 0.3) is 0 Å². The summed E-state index contributed by atoms with van der Waals surface area (Å²) in [6, 6.07) is 1.09. The summed E-state index contributed by atoms with van der Waals surface area (Å²) in [7, 11) is 0. The van der Waals surface area contributed by atoms with Gasteiger partial charge in [0.1, 0.15) is 0 Å². The van der Waals surface area contributed by atoms with Crippen molar-refractivity contribution < 1.29 is 14.6 Å². The van der Waals surface area contributed by atoms with Crippen LogP contribution in [-0.4, -0.2) is 73.8 Å². The first-order valence-electron chi connectivity index (χ1n) is 8.18. The molecule has 0 rings (SSSR count). The molecule has 0 saturated carbocycles. The van der Waals surface area contributed by atoms with Crippen molar-refractivity contribution in [2.24, 2.45) is 0 Å². The van der Waals surface area contributed by atoms with Gasteiger partial charge in [-0.1, -0.05) is 0 Å². The van der Waals surface area contributed by atoms with Crippen molar-refractivity contribution >= 4 is 0 Å². The van der Waals surface area contributed by atoms with Gasteiger partial charge in [0, 0.05) is 31.7 Å². The summed E-state index contributed by atoms with van der Waals surface area (Å²) in [5.41, 5.74) is 0. The van der Waals surface area contributed by atoms with Crippen LogP contribution >= 0.6 is 0 Å². The van der Waals surface area contributed by atoms with Gasteiger partial charge < -0.3 is 19.9 Å². The lowest BCUT2D eigenvalue weighted by molar-refractivity contribution is -0.0101. The van der Waals surface area contributed by atoms with Crippen molar-refractivity contribution in [3.8, 4) is 0 Å². The molecule has 21 heavy (non-hydrogen) atoms. The smallest absolute Gasteiger partial charge is 0.0897 e. The average Bonchev–Trinajstić information content (AvgIpc) is 2.36. The van der Waals surface area contributed by atoms with Crippen LogP contribution in [0.4, 0.5) is 0 Å². The Hall–Kier alpha value is -0.200. The van der Waals surface area contributed by atoms with Crippen molar-refractivity contribution in [1.29, 1.82) is 0 Å². The Kier molecular flexibility index (Phi) is 12.2. The van der Waals surface area contributed by atoms with Crippen LogP contribution in [0.5, 0.6) is 0 Å². The minimum atomic E-state index is -0.462. The van der Waals surface area contributed by atoms with Gasteiger partial charge in [-0.15, -0.1) is 0 Å². The molecule has 0 radical (unpaired) electrons. The third kappa shape index (κ3) is 12.1. The lowest BCUT2D eigenvalue weighted by Crippen LogP contribution is -2.42. The molecule has 0 aromatic carbocycles. The number of nitrogens with zero attached hydrogens (tertiary/aromatic N) is 1. The fourth-order valence-corrected chi connectivity index (χ4v) is 2.21. The van der Waals surface area contributed by atoms with E-state index >= 15 is 0 Å². The van der Waals surface area contributed by atoms with Gasteiger partial charge in [0.15, 0.2) is 0 Å². The number of ether oxygens (including phenoxy) is 2. The molecule has 0 aromatic rings. The third-order valence-corrected chi connectivity index (χ3v) is 3.24. The van der Waals surface area contributed by atoms with Crippen LogP contribution in [0.2, 0.25) is 0 Å². The summed E-state index contributed by atoms with van der Waals surface area (Å²) in [6.45, 7) is 16.7. The van der Waals surface area contributed by atoms with Crippen molar-refractivity contribution in [1.82, 2.24) is 10.2 Å². The van der Waals surface area contributed by atoms with E-state index in [1.54, 1.807) is 0 Å². The Labute approximate surface area is 131 Å². The van der Waals surface area contributed by atoms with Crippen molar-refractivity contribution in [2.75, 3.05) is 39.5 Å². The zero-order valence-corrected chi connectivity index (χ0v) is 14.8. The highest BCUT2D eigenvalue weighted by Gasteiger charge is 2.12. The molecule has 0 aliphatic carbocycles. The van der Waals surface area contributed by atoms with Gasteiger partial charge in [-0.2, -0.15) is 0 Å². The highest BCUT2D eigenvalue weighted by molar-refractivity contribution is 4.69. The fraction of sp³-hybridized carbons (Fsp3) is 1.00. The molecule has 0 aliphatic heterocycles. The number of rotatable bonds is 13. The van der Waals surface area contributed by atoms with Crippen molar-refractivity contribution in [3.63, 3.8) is 0 Å². The Morgan fingerprint density at radius 1 is 1.00 bits per heavy atom. The molecule has 0 aliphatic rings. The molecule has 0 saturated heterocycles. The third-order valence-electron chi connectivity index (χ3n) is 3.24. The second-order valence-electron chi connectivity index (χ2n) is 6.28. The van der Waals surface area contributed by atoms with Gasteiger partial charge in [0.2, 0.25) is 0 Å². The van der Waals surface area contributed by atoms with Gasteiger partial charge in [-0.05, 0) is 41.5 Å². The minimum Gasteiger partial charge on any atom is -0.389 e. The maximum absolute atomic E-state index is 9.80. The molecule has 0 heterocycles. The monoisotopic (exact) mass is 304 g/mol. The van der Waals surface area contributed by atoms with Gasteiger partial charge in [0.05, 0.1) is 32.0 Å². The van der Waals surface area contributed by atoms with Crippen LogP contribution in [0.1, 0.15) is 41.5 Å². The zero-order chi connectivity index (χ0) is 16.3. The highest BCUT2D eigenvalue weighted by Crippen LogP contribution is 2.03. The summed E-state index contributed by atoms with van der Waals surface area (Å²) >= 11 is 0. The zero-order valence-electron chi connectivity index (χ0n) is 14.8. The Balaban J connectivity index is 3.54. The van der Waals surface area contributed by atoms with Crippen LogP contribution in [0.3, 0.4) is 0 Å². The second kappa shape index (κ2) is 12.4. The molecule has 1 unspecified atom stereocenters. The summed E-state index contributed by atoms with van der Waals surface area (Å²) in [6.07, 6.45) is -0.236. The van der Waals surface area contributed by atoms with E-state index in [0.29, 0.717) is 38.4 Å². The Morgan fingerprint density at radius 2 is 1.62 bits per heavy atom. The molecule has 0 amide bonds. The maximum atomic E-state index is 9.80. The van der Waals surface area contributed by atoms with Crippen molar-refractivity contribution in [3.05, 3.63) is 0 Å². The Morgan fingerprint density at radius 3 is 2.14 bits per heavy atom. The number of nitrogens with one attached hydrogen (secondary N) is 1. The predicted molar refractivity (Wildman–Crippen MR) is 87.8 cm³/mol. The maximum Gasteiger partial charge on any atom is 0.0897 e.